The van der Waals surface area contributed by atoms with Crippen LogP contribution >= 0.6 is 39.0 Å². The average molecular weight is 294 g/mol. The van der Waals surface area contributed by atoms with Gasteiger partial charge in [-0.1, -0.05) is 0 Å². The zero-order chi connectivity index (χ0) is 10.6. The Morgan fingerprint density at radius 2 is 2.50 bits per heavy atom. The van der Waals surface area contributed by atoms with Crippen LogP contribution in [0.3, 0.4) is 0 Å². The van der Waals surface area contributed by atoms with Gasteiger partial charge in [0.05, 0.1) is 9.04 Å². The molecule has 1 amide bonds. The summed E-state index contributed by atoms with van der Waals surface area (Å²) in [4.78, 5) is 11.4. The van der Waals surface area contributed by atoms with E-state index in [-0.39, 0.29) is 11.2 Å². The molecular weight excluding hydrogens is 282 g/mol. The van der Waals surface area contributed by atoms with E-state index >= 15 is 0 Å². The first kappa shape index (κ1) is 12.1. The van der Waals surface area contributed by atoms with Gasteiger partial charge in [0.25, 0.3) is 0 Å². The Labute approximate surface area is 101 Å². The highest BCUT2D eigenvalue weighted by atomic mass is 79.9. The Morgan fingerprint density at radius 1 is 1.79 bits per heavy atom. The molecule has 5 heteroatoms. The predicted octanol–water partition coefficient (Wildman–Crippen LogP) is 2.88. The minimum absolute atomic E-state index is 0.0251. The third kappa shape index (κ3) is 3.63. The Balaban J connectivity index is 2.37. The van der Waals surface area contributed by atoms with E-state index in [0.29, 0.717) is 6.54 Å². The first-order valence-electron chi connectivity index (χ1n) is 4.17. The summed E-state index contributed by atoms with van der Waals surface area (Å²) in [5.74, 6) is 0.0971. The number of rotatable bonds is 4. The van der Waals surface area contributed by atoms with Crippen molar-refractivity contribution >= 4 is 44.9 Å². The van der Waals surface area contributed by atoms with Crippen molar-refractivity contribution in [2.45, 2.75) is 18.7 Å². The van der Waals surface area contributed by atoms with Crippen LogP contribution in [0.1, 0.15) is 12.5 Å². The Kier molecular flexibility index (Phi) is 4.98. The number of amides is 1. The molecule has 0 aliphatic heterocycles. The van der Waals surface area contributed by atoms with Crippen molar-refractivity contribution in [3.63, 3.8) is 0 Å². The number of halogens is 1. The SMILES string of the molecule is CSC(C)C(=O)NCc1csc(Br)c1. The molecular formula is C9H12BrNOS2. The zero-order valence-corrected chi connectivity index (χ0v) is 11.3. The molecule has 1 N–H and O–H groups in total. The number of carbonyl (C=O) groups excluding carboxylic acids is 1. The van der Waals surface area contributed by atoms with Crippen LogP contribution in [0.5, 0.6) is 0 Å². The van der Waals surface area contributed by atoms with Gasteiger partial charge in [-0.3, -0.25) is 4.79 Å². The summed E-state index contributed by atoms with van der Waals surface area (Å²) in [5, 5.41) is 4.95. The van der Waals surface area contributed by atoms with Crippen molar-refractivity contribution < 1.29 is 4.79 Å². The van der Waals surface area contributed by atoms with Crippen LogP contribution in [-0.4, -0.2) is 17.4 Å². The van der Waals surface area contributed by atoms with Gasteiger partial charge in [-0.05, 0) is 46.1 Å². The van der Waals surface area contributed by atoms with Crippen LogP contribution in [0.25, 0.3) is 0 Å². The lowest BCUT2D eigenvalue weighted by Crippen LogP contribution is -2.30. The fourth-order valence-electron chi connectivity index (χ4n) is 0.878. The van der Waals surface area contributed by atoms with Crippen LogP contribution in [0.15, 0.2) is 15.2 Å². The fourth-order valence-corrected chi connectivity index (χ4v) is 2.38. The van der Waals surface area contributed by atoms with E-state index in [4.69, 9.17) is 0 Å². The molecule has 0 saturated carbocycles. The summed E-state index contributed by atoms with van der Waals surface area (Å²) in [6.07, 6.45) is 1.94. The second-order valence-corrected chi connectivity index (χ2v) is 6.32. The summed E-state index contributed by atoms with van der Waals surface area (Å²) in [6, 6.07) is 2.02. The lowest BCUT2D eigenvalue weighted by molar-refractivity contribution is -0.120. The van der Waals surface area contributed by atoms with Gasteiger partial charge in [0.1, 0.15) is 0 Å². The summed E-state index contributed by atoms with van der Waals surface area (Å²) in [6.45, 7) is 2.52. The number of hydrogen-bond donors (Lipinski definition) is 1. The van der Waals surface area contributed by atoms with E-state index in [0.717, 1.165) is 9.35 Å². The molecule has 1 aromatic rings. The average Bonchev–Trinajstić information content (AvgIpc) is 2.59. The maximum absolute atomic E-state index is 11.4. The number of thiophene rings is 1. The Bertz CT molecular complexity index is 314. The van der Waals surface area contributed by atoms with Crippen LogP contribution in [0, 0.1) is 0 Å². The standard InChI is InChI=1S/C9H12BrNOS2/c1-6(13-2)9(12)11-4-7-3-8(10)14-5-7/h3,5-6H,4H2,1-2H3,(H,11,12). The third-order valence-electron chi connectivity index (χ3n) is 1.81. The minimum atomic E-state index is 0.0251. The van der Waals surface area contributed by atoms with Crippen molar-refractivity contribution in [2.24, 2.45) is 0 Å². The van der Waals surface area contributed by atoms with Crippen LogP contribution in [-0.2, 0) is 11.3 Å². The van der Waals surface area contributed by atoms with Gasteiger partial charge in [0, 0.05) is 6.54 Å². The molecule has 0 saturated heterocycles. The lowest BCUT2D eigenvalue weighted by Gasteiger charge is -2.08. The van der Waals surface area contributed by atoms with Crippen LogP contribution in [0.2, 0.25) is 0 Å². The van der Waals surface area contributed by atoms with E-state index in [9.17, 15) is 4.79 Å². The number of nitrogens with one attached hydrogen (secondary N) is 1. The maximum atomic E-state index is 11.4. The monoisotopic (exact) mass is 293 g/mol. The van der Waals surface area contributed by atoms with Crippen molar-refractivity contribution in [1.82, 2.24) is 5.32 Å². The zero-order valence-electron chi connectivity index (χ0n) is 8.04. The van der Waals surface area contributed by atoms with Crippen molar-refractivity contribution in [3.05, 3.63) is 20.8 Å². The highest BCUT2D eigenvalue weighted by Crippen LogP contribution is 2.20. The molecule has 1 atom stereocenters. The van der Waals surface area contributed by atoms with Gasteiger partial charge >= 0.3 is 0 Å². The topological polar surface area (TPSA) is 29.1 Å². The molecule has 0 spiro atoms. The molecule has 2 nitrogen and oxygen atoms in total. The van der Waals surface area contributed by atoms with E-state index in [1.54, 1.807) is 23.1 Å². The number of carbonyl (C=O) groups is 1. The van der Waals surface area contributed by atoms with Gasteiger partial charge in [-0.15, -0.1) is 11.3 Å². The smallest absolute Gasteiger partial charge is 0.233 e. The third-order valence-corrected chi connectivity index (χ3v) is 4.29. The van der Waals surface area contributed by atoms with Gasteiger partial charge < -0.3 is 5.32 Å². The molecule has 1 unspecified atom stereocenters. The van der Waals surface area contributed by atoms with E-state index in [2.05, 4.69) is 21.2 Å². The molecule has 0 bridgehead atoms. The molecule has 14 heavy (non-hydrogen) atoms. The second-order valence-electron chi connectivity index (χ2n) is 2.85. The molecule has 0 aliphatic carbocycles. The lowest BCUT2D eigenvalue weighted by atomic mass is 10.3. The predicted molar refractivity (Wildman–Crippen MR) is 66.8 cm³/mol. The highest BCUT2D eigenvalue weighted by Gasteiger charge is 2.10. The minimum Gasteiger partial charge on any atom is -0.351 e. The quantitative estimate of drug-likeness (QED) is 0.925. The van der Waals surface area contributed by atoms with Crippen LogP contribution in [0.4, 0.5) is 0 Å². The fraction of sp³-hybridized carbons (Fsp3) is 0.444. The van der Waals surface area contributed by atoms with Crippen molar-refractivity contribution in [3.8, 4) is 0 Å². The molecule has 0 radical (unpaired) electrons. The summed E-state index contributed by atoms with van der Waals surface area (Å²) < 4.78 is 1.10. The van der Waals surface area contributed by atoms with Gasteiger partial charge in [-0.2, -0.15) is 11.8 Å². The Hall–Kier alpha value is -0.000000000000000111. The number of hydrogen-bond acceptors (Lipinski definition) is 3. The largest absolute Gasteiger partial charge is 0.351 e. The molecule has 1 rings (SSSR count). The molecule has 0 fully saturated rings. The van der Waals surface area contributed by atoms with Crippen LogP contribution < -0.4 is 5.32 Å². The van der Waals surface area contributed by atoms with E-state index in [1.807, 2.05) is 24.6 Å². The summed E-state index contributed by atoms with van der Waals surface area (Å²) in [7, 11) is 0. The number of thioether (sulfide) groups is 1. The summed E-state index contributed by atoms with van der Waals surface area (Å²) >= 11 is 6.57. The van der Waals surface area contributed by atoms with Gasteiger partial charge in [-0.25, -0.2) is 0 Å². The van der Waals surface area contributed by atoms with Crippen molar-refractivity contribution in [1.29, 1.82) is 0 Å². The highest BCUT2D eigenvalue weighted by molar-refractivity contribution is 9.11. The van der Waals surface area contributed by atoms with E-state index in [1.165, 1.54) is 0 Å². The second kappa shape index (κ2) is 5.78. The van der Waals surface area contributed by atoms with Crippen molar-refractivity contribution in [2.75, 3.05) is 6.26 Å². The maximum Gasteiger partial charge on any atom is 0.233 e. The van der Waals surface area contributed by atoms with Gasteiger partial charge in [0.2, 0.25) is 5.91 Å². The van der Waals surface area contributed by atoms with Gasteiger partial charge in [0.15, 0.2) is 0 Å². The van der Waals surface area contributed by atoms with E-state index < -0.39 is 0 Å². The summed E-state index contributed by atoms with van der Waals surface area (Å²) in [5.41, 5.74) is 1.14. The Morgan fingerprint density at radius 3 is 3.00 bits per heavy atom. The molecule has 0 aromatic carbocycles. The first-order valence-corrected chi connectivity index (χ1v) is 7.13. The molecule has 0 aliphatic rings. The normalized spacial score (nSPS) is 12.5. The molecule has 78 valence electrons. The molecule has 1 aromatic heterocycles. The molecule has 1 heterocycles. The first-order chi connectivity index (χ1) is 6.63.